The minimum atomic E-state index is -0.0519. The van der Waals surface area contributed by atoms with Crippen molar-refractivity contribution < 1.29 is 13.9 Å². The Hall–Kier alpha value is -1.25. The summed E-state index contributed by atoms with van der Waals surface area (Å²) in [4.78, 5) is 11.4. The number of cyclic esters (lactones) is 1. The topological polar surface area (TPSA) is 39.4 Å². The van der Waals surface area contributed by atoms with Gasteiger partial charge in [-0.3, -0.25) is 4.79 Å². The van der Waals surface area contributed by atoms with E-state index in [1.807, 2.05) is 6.07 Å². The van der Waals surface area contributed by atoms with Gasteiger partial charge in [0.15, 0.2) is 0 Å². The van der Waals surface area contributed by atoms with Crippen LogP contribution in [0.1, 0.15) is 24.2 Å². The van der Waals surface area contributed by atoms with Crippen LogP contribution in [0.5, 0.6) is 0 Å². The van der Waals surface area contributed by atoms with Crippen LogP contribution in [0.3, 0.4) is 0 Å². The fraction of sp³-hybridized carbons (Fsp3) is 0.545. The molecule has 0 radical (unpaired) electrons. The van der Waals surface area contributed by atoms with Crippen LogP contribution in [0, 0.1) is 11.8 Å². The van der Waals surface area contributed by atoms with E-state index in [0.29, 0.717) is 18.4 Å². The van der Waals surface area contributed by atoms with Gasteiger partial charge in [0.1, 0.15) is 5.76 Å². The molecule has 74 valence electrons. The van der Waals surface area contributed by atoms with Crippen LogP contribution in [-0.2, 0) is 16.0 Å². The monoisotopic (exact) mass is 192 g/mol. The van der Waals surface area contributed by atoms with E-state index in [4.69, 9.17) is 9.15 Å². The number of carbonyl (C=O) groups excluding carboxylic acids is 1. The third kappa shape index (κ3) is 0.897. The van der Waals surface area contributed by atoms with Gasteiger partial charge in [0.25, 0.3) is 0 Å². The second-order valence-electron chi connectivity index (χ2n) is 4.19. The lowest BCUT2D eigenvalue weighted by atomic mass is 9.74. The van der Waals surface area contributed by atoms with Crippen LogP contribution >= 0.6 is 0 Å². The van der Waals surface area contributed by atoms with Gasteiger partial charge in [-0.1, -0.05) is 6.92 Å². The van der Waals surface area contributed by atoms with Crippen molar-refractivity contribution >= 4 is 5.97 Å². The Bertz CT molecular complexity index is 380. The number of furan rings is 1. The molecule has 3 rings (SSSR count). The number of hydrogen-bond acceptors (Lipinski definition) is 3. The van der Waals surface area contributed by atoms with E-state index >= 15 is 0 Å². The average Bonchev–Trinajstić information content (AvgIpc) is 2.75. The number of rotatable bonds is 0. The molecule has 0 bridgehead atoms. The summed E-state index contributed by atoms with van der Waals surface area (Å²) in [6.07, 6.45) is 2.43. The van der Waals surface area contributed by atoms with E-state index in [1.165, 1.54) is 5.56 Å². The summed E-state index contributed by atoms with van der Waals surface area (Å²) in [7, 11) is 0. The van der Waals surface area contributed by atoms with Crippen LogP contribution < -0.4 is 0 Å². The highest BCUT2D eigenvalue weighted by molar-refractivity contribution is 5.75. The summed E-state index contributed by atoms with van der Waals surface area (Å²) in [6.45, 7) is 2.72. The third-order valence-electron chi connectivity index (χ3n) is 3.56. The van der Waals surface area contributed by atoms with Crippen LogP contribution in [0.4, 0.5) is 0 Å². The number of ether oxygens (including phenoxy) is 1. The van der Waals surface area contributed by atoms with Gasteiger partial charge in [-0.25, -0.2) is 0 Å². The Kier molecular flexibility index (Phi) is 1.52. The first-order valence-electron chi connectivity index (χ1n) is 5.00. The Morgan fingerprint density at radius 2 is 2.36 bits per heavy atom. The van der Waals surface area contributed by atoms with Crippen molar-refractivity contribution in [3.63, 3.8) is 0 Å². The van der Waals surface area contributed by atoms with Crippen molar-refractivity contribution in [2.75, 3.05) is 6.61 Å². The second-order valence-corrected chi connectivity index (χ2v) is 4.19. The zero-order chi connectivity index (χ0) is 9.71. The molecule has 1 saturated heterocycles. The van der Waals surface area contributed by atoms with Gasteiger partial charge in [0, 0.05) is 12.3 Å². The SMILES string of the molecule is CC1c2ccoc2C[C@H]2C(=O)OC[C@@H]12. The lowest BCUT2D eigenvalue weighted by Crippen LogP contribution is -2.27. The minimum Gasteiger partial charge on any atom is -0.469 e. The Balaban J connectivity index is 2.04. The van der Waals surface area contributed by atoms with Gasteiger partial charge in [0.05, 0.1) is 18.8 Å². The van der Waals surface area contributed by atoms with Crippen molar-refractivity contribution in [1.29, 1.82) is 0 Å². The van der Waals surface area contributed by atoms with E-state index < -0.39 is 0 Å². The standard InChI is InChI=1S/C11H12O3/c1-6-7-2-3-13-10(7)4-8-9(6)5-14-11(8)12/h2-3,6,8-9H,4-5H2,1H3/t6?,8-,9+/m1/s1. The molecule has 1 unspecified atom stereocenters. The molecule has 2 heterocycles. The van der Waals surface area contributed by atoms with Crippen molar-refractivity contribution in [1.82, 2.24) is 0 Å². The van der Waals surface area contributed by atoms with E-state index in [9.17, 15) is 4.79 Å². The molecule has 0 N–H and O–H groups in total. The van der Waals surface area contributed by atoms with E-state index in [0.717, 1.165) is 12.2 Å². The van der Waals surface area contributed by atoms with Gasteiger partial charge < -0.3 is 9.15 Å². The fourth-order valence-corrected chi connectivity index (χ4v) is 2.66. The van der Waals surface area contributed by atoms with Gasteiger partial charge >= 0.3 is 5.97 Å². The maximum atomic E-state index is 11.4. The molecule has 1 aliphatic heterocycles. The lowest BCUT2D eigenvalue weighted by molar-refractivity contribution is -0.141. The Labute approximate surface area is 82.0 Å². The van der Waals surface area contributed by atoms with Gasteiger partial charge in [-0.05, 0) is 17.5 Å². The molecule has 1 fully saturated rings. The molecule has 0 spiro atoms. The summed E-state index contributed by atoms with van der Waals surface area (Å²) in [5.74, 6) is 1.69. The smallest absolute Gasteiger partial charge is 0.309 e. The molecule has 3 atom stereocenters. The summed E-state index contributed by atoms with van der Waals surface area (Å²) in [6, 6.07) is 2.01. The molecule has 14 heavy (non-hydrogen) atoms. The molecule has 2 aliphatic rings. The van der Waals surface area contributed by atoms with Crippen molar-refractivity contribution in [2.24, 2.45) is 11.8 Å². The summed E-state index contributed by atoms with van der Waals surface area (Å²) in [5, 5.41) is 0. The fourth-order valence-electron chi connectivity index (χ4n) is 2.66. The summed E-state index contributed by atoms with van der Waals surface area (Å²) >= 11 is 0. The first kappa shape index (κ1) is 8.09. The number of carbonyl (C=O) groups is 1. The highest BCUT2D eigenvalue weighted by Crippen LogP contribution is 2.43. The quantitative estimate of drug-likeness (QED) is 0.587. The van der Waals surface area contributed by atoms with E-state index in [-0.39, 0.29) is 11.9 Å². The van der Waals surface area contributed by atoms with Gasteiger partial charge in [-0.2, -0.15) is 0 Å². The molecule has 3 nitrogen and oxygen atoms in total. The highest BCUT2D eigenvalue weighted by atomic mass is 16.5. The number of fused-ring (bicyclic) bond motifs is 2. The minimum absolute atomic E-state index is 0.0312. The number of hydrogen-bond donors (Lipinski definition) is 0. The van der Waals surface area contributed by atoms with Crippen molar-refractivity contribution in [2.45, 2.75) is 19.3 Å². The zero-order valence-electron chi connectivity index (χ0n) is 8.03. The van der Waals surface area contributed by atoms with Gasteiger partial charge in [0.2, 0.25) is 0 Å². The molecule has 1 aromatic heterocycles. The number of esters is 1. The molecule has 3 heteroatoms. The summed E-state index contributed by atoms with van der Waals surface area (Å²) < 4.78 is 10.5. The maximum Gasteiger partial charge on any atom is 0.309 e. The largest absolute Gasteiger partial charge is 0.469 e. The molecule has 1 aromatic rings. The van der Waals surface area contributed by atoms with Crippen LogP contribution in [0.2, 0.25) is 0 Å². The molecule has 1 aliphatic carbocycles. The Morgan fingerprint density at radius 3 is 3.21 bits per heavy atom. The second kappa shape index (κ2) is 2.62. The first-order chi connectivity index (χ1) is 6.77. The Morgan fingerprint density at radius 1 is 1.50 bits per heavy atom. The highest BCUT2D eigenvalue weighted by Gasteiger charge is 2.45. The van der Waals surface area contributed by atoms with Gasteiger partial charge in [-0.15, -0.1) is 0 Å². The molecule has 0 aromatic carbocycles. The van der Waals surface area contributed by atoms with Crippen molar-refractivity contribution in [3.05, 3.63) is 23.7 Å². The van der Waals surface area contributed by atoms with Crippen LogP contribution in [0.25, 0.3) is 0 Å². The summed E-state index contributed by atoms with van der Waals surface area (Å²) in [5.41, 5.74) is 1.25. The third-order valence-corrected chi connectivity index (χ3v) is 3.56. The molecular formula is C11H12O3. The zero-order valence-corrected chi connectivity index (χ0v) is 8.03. The average molecular weight is 192 g/mol. The predicted octanol–water partition coefficient (Wildman–Crippen LogP) is 1.73. The lowest BCUT2D eigenvalue weighted by Gasteiger charge is -2.26. The van der Waals surface area contributed by atoms with Crippen molar-refractivity contribution in [3.8, 4) is 0 Å². The molecule has 0 amide bonds. The normalized spacial score (nSPS) is 34.9. The van der Waals surface area contributed by atoms with E-state index in [2.05, 4.69) is 6.92 Å². The predicted molar refractivity (Wildman–Crippen MR) is 48.8 cm³/mol. The maximum absolute atomic E-state index is 11.4. The van der Waals surface area contributed by atoms with E-state index in [1.54, 1.807) is 6.26 Å². The van der Waals surface area contributed by atoms with Crippen LogP contribution in [-0.4, -0.2) is 12.6 Å². The van der Waals surface area contributed by atoms with Crippen LogP contribution in [0.15, 0.2) is 16.7 Å². The first-order valence-corrected chi connectivity index (χ1v) is 5.00. The molecular weight excluding hydrogens is 180 g/mol. The molecule has 0 saturated carbocycles.